The molecule has 0 radical (unpaired) electrons. The first kappa shape index (κ1) is 15.8. The highest BCUT2D eigenvalue weighted by atomic mass is 32.1. The molecule has 0 amide bonds. The number of aliphatic hydroxyl groups is 1. The first-order chi connectivity index (χ1) is 10.4. The summed E-state index contributed by atoms with van der Waals surface area (Å²) in [5.41, 5.74) is 0.417. The molecule has 2 aliphatic heterocycles. The third-order valence-corrected chi connectivity index (χ3v) is 4.31. The number of aromatic amines is 1. The molecule has 1 aromatic rings. The van der Waals surface area contributed by atoms with E-state index in [9.17, 15) is 9.90 Å². The number of H-pyrrole nitrogens is 1. The summed E-state index contributed by atoms with van der Waals surface area (Å²) in [5, 5.41) is 9.51. The van der Waals surface area contributed by atoms with E-state index in [0.29, 0.717) is 12.0 Å². The SMILES string of the molecule is CCc1cn([C@@H]2O[C@H](CO)[C@H]3OC(C)(C)O[C@H]32)c(=S)[nH]c1=O. The molecule has 0 spiro atoms. The number of fused-ring (bicyclic) bond motifs is 1. The van der Waals surface area contributed by atoms with E-state index in [0.717, 1.165) is 0 Å². The van der Waals surface area contributed by atoms with Crippen LogP contribution in [-0.4, -0.2) is 45.4 Å². The van der Waals surface area contributed by atoms with E-state index < -0.39 is 24.2 Å². The first-order valence-corrected chi connectivity index (χ1v) is 7.73. The second kappa shape index (κ2) is 5.54. The molecular formula is C14H20N2O5S. The molecule has 0 saturated carbocycles. The first-order valence-electron chi connectivity index (χ1n) is 7.32. The summed E-state index contributed by atoms with van der Waals surface area (Å²) in [7, 11) is 0. The lowest BCUT2D eigenvalue weighted by atomic mass is 10.1. The Morgan fingerprint density at radius 3 is 2.73 bits per heavy atom. The van der Waals surface area contributed by atoms with Gasteiger partial charge in [0.2, 0.25) is 0 Å². The largest absolute Gasteiger partial charge is 0.394 e. The van der Waals surface area contributed by atoms with Gasteiger partial charge in [-0.1, -0.05) is 6.92 Å². The van der Waals surface area contributed by atoms with Crippen LogP contribution in [0.5, 0.6) is 0 Å². The van der Waals surface area contributed by atoms with Gasteiger partial charge >= 0.3 is 0 Å². The zero-order valence-electron chi connectivity index (χ0n) is 12.7. The van der Waals surface area contributed by atoms with Crippen molar-refractivity contribution < 1.29 is 19.3 Å². The van der Waals surface area contributed by atoms with Crippen LogP contribution >= 0.6 is 12.2 Å². The Balaban J connectivity index is 2.02. The van der Waals surface area contributed by atoms with Crippen LogP contribution in [0, 0.1) is 4.77 Å². The molecule has 22 heavy (non-hydrogen) atoms. The van der Waals surface area contributed by atoms with E-state index in [-0.39, 0.29) is 23.0 Å². The maximum Gasteiger partial charge on any atom is 0.254 e. The van der Waals surface area contributed by atoms with Crippen molar-refractivity contribution >= 4 is 12.2 Å². The van der Waals surface area contributed by atoms with Gasteiger partial charge in [-0.3, -0.25) is 14.3 Å². The highest BCUT2D eigenvalue weighted by molar-refractivity contribution is 7.71. The molecule has 2 N–H and O–H groups in total. The molecule has 0 bridgehead atoms. The van der Waals surface area contributed by atoms with E-state index in [2.05, 4.69) is 4.98 Å². The summed E-state index contributed by atoms with van der Waals surface area (Å²) in [6.07, 6.45) is 0.475. The van der Waals surface area contributed by atoms with Gasteiger partial charge in [-0.05, 0) is 32.5 Å². The molecular weight excluding hydrogens is 308 g/mol. The number of ether oxygens (including phenoxy) is 3. The maximum atomic E-state index is 11.8. The van der Waals surface area contributed by atoms with Crippen LogP contribution in [0.4, 0.5) is 0 Å². The Kier molecular flexibility index (Phi) is 3.98. The lowest BCUT2D eigenvalue weighted by Gasteiger charge is -2.25. The molecule has 1 aromatic heterocycles. The summed E-state index contributed by atoms with van der Waals surface area (Å²) in [5.74, 6) is -0.747. The Morgan fingerprint density at radius 1 is 1.41 bits per heavy atom. The second-order valence-electron chi connectivity index (χ2n) is 5.99. The Hall–Kier alpha value is -1.06. The van der Waals surface area contributed by atoms with Crippen LogP contribution < -0.4 is 5.56 Å². The fourth-order valence-electron chi connectivity index (χ4n) is 3.00. The number of aromatic nitrogens is 2. The highest BCUT2D eigenvalue weighted by Gasteiger charge is 2.55. The smallest absolute Gasteiger partial charge is 0.254 e. The number of rotatable bonds is 3. The number of aliphatic hydroxyl groups excluding tert-OH is 1. The molecule has 3 rings (SSSR count). The van der Waals surface area contributed by atoms with Crippen molar-refractivity contribution in [3.63, 3.8) is 0 Å². The van der Waals surface area contributed by atoms with Gasteiger partial charge in [-0.2, -0.15) is 0 Å². The Labute approximate surface area is 132 Å². The molecule has 122 valence electrons. The van der Waals surface area contributed by atoms with E-state index in [1.807, 2.05) is 20.8 Å². The van der Waals surface area contributed by atoms with E-state index >= 15 is 0 Å². The predicted octanol–water partition coefficient (Wildman–Crippen LogP) is 0.878. The van der Waals surface area contributed by atoms with Gasteiger partial charge in [0.25, 0.3) is 5.56 Å². The fourth-order valence-corrected chi connectivity index (χ4v) is 3.25. The van der Waals surface area contributed by atoms with Gasteiger partial charge in [0.15, 0.2) is 16.8 Å². The molecule has 0 aliphatic carbocycles. The number of nitrogens with zero attached hydrogens (tertiary/aromatic N) is 1. The number of hydrogen-bond donors (Lipinski definition) is 2. The second-order valence-corrected chi connectivity index (χ2v) is 6.37. The van der Waals surface area contributed by atoms with Gasteiger partial charge in [-0.25, -0.2) is 0 Å². The lowest BCUT2D eigenvalue weighted by Crippen LogP contribution is -2.31. The van der Waals surface area contributed by atoms with Gasteiger partial charge in [-0.15, -0.1) is 0 Å². The summed E-state index contributed by atoms with van der Waals surface area (Å²) in [6.45, 7) is 5.36. The van der Waals surface area contributed by atoms with E-state index in [4.69, 9.17) is 26.4 Å². The van der Waals surface area contributed by atoms with Crippen LogP contribution in [0.15, 0.2) is 11.0 Å². The van der Waals surface area contributed by atoms with Crippen molar-refractivity contribution in [3.05, 3.63) is 26.9 Å². The molecule has 2 fully saturated rings. The van der Waals surface area contributed by atoms with Crippen LogP contribution in [-0.2, 0) is 20.6 Å². The van der Waals surface area contributed by atoms with Crippen LogP contribution in [0.2, 0.25) is 0 Å². The van der Waals surface area contributed by atoms with Gasteiger partial charge in [0, 0.05) is 11.8 Å². The maximum absolute atomic E-state index is 11.8. The number of hydrogen-bond acceptors (Lipinski definition) is 6. The topological polar surface area (TPSA) is 85.7 Å². The molecule has 2 saturated heterocycles. The Morgan fingerprint density at radius 2 is 2.09 bits per heavy atom. The molecule has 3 heterocycles. The molecule has 0 unspecified atom stereocenters. The average Bonchev–Trinajstić information content (AvgIpc) is 2.92. The van der Waals surface area contributed by atoms with Crippen LogP contribution in [0.3, 0.4) is 0 Å². The molecule has 8 heteroatoms. The summed E-state index contributed by atoms with van der Waals surface area (Å²) in [4.78, 5) is 14.5. The summed E-state index contributed by atoms with van der Waals surface area (Å²) in [6, 6.07) is 0. The minimum atomic E-state index is -0.747. The fraction of sp³-hybridized carbons (Fsp3) is 0.714. The predicted molar refractivity (Wildman–Crippen MR) is 80.1 cm³/mol. The van der Waals surface area contributed by atoms with Crippen molar-refractivity contribution in [2.75, 3.05) is 6.61 Å². The quantitative estimate of drug-likeness (QED) is 0.801. The van der Waals surface area contributed by atoms with E-state index in [1.165, 1.54) is 0 Å². The lowest BCUT2D eigenvalue weighted by molar-refractivity contribution is -0.200. The van der Waals surface area contributed by atoms with Crippen molar-refractivity contribution in [3.8, 4) is 0 Å². The van der Waals surface area contributed by atoms with Crippen molar-refractivity contribution in [2.24, 2.45) is 0 Å². The highest BCUT2D eigenvalue weighted by Crippen LogP contribution is 2.42. The van der Waals surface area contributed by atoms with E-state index in [1.54, 1.807) is 10.8 Å². The van der Waals surface area contributed by atoms with Crippen molar-refractivity contribution in [1.82, 2.24) is 9.55 Å². The molecule has 2 aliphatic rings. The monoisotopic (exact) mass is 328 g/mol. The normalized spacial score (nSPS) is 33.1. The average molecular weight is 328 g/mol. The molecule has 7 nitrogen and oxygen atoms in total. The van der Waals surface area contributed by atoms with Crippen LogP contribution in [0.25, 0.3) is 0 Å². The zero-order chi connectivity index (χ0) is 16.1. The Bertz CT molecular complexity index is 683. The zero-order valence-corrected chi connectivity index (χ0v) is 13.6. The minimum Gasteiger partial charge on any atom is -0.394 e. The summed E-state index contributed by atoms with van der Waals surface area (Å²) >= 11 is 5.24. The number of nitrogens with one attached hydrogen (secondary N) is 1. The standard InChI is InChI=1S/C14H20N2O5S/c1-4-7-5-16(13(22)15-11(7)18)12-10-9(8(6-17)19-12)20-14(2,3)21-10/h5,8-10,12,17H,4,6H2,1-3H3,(H,15,18,22)/t8-,9-,10-,12-/m1/s1. The van der Waals surface area contributed by atoms with Gasteiger partial charge in [0.05, 0.1) is 6.61 Å². The number of aryl methyl sites for hydroxylation is 1. The third kappa shape index (κ3) is 2.55. The molecule has 4 atom stereocenters. The van der Waals surface area contributed by atoms with Crippen LogP contribution in [0.1, 0.15) is 32.6 Å². The van der Waals surface area contributed by atoms with Gasteiger partial charge < -0.3 is 19.3 Å². The minimum absolute atomic E-state index is 0.172. The third-order valence-electron chi connectivity index (χ3n) is 4.00. The molecule has 0 aromatic carbocycles. The van der Waals surface area contributed by atoms with Crippen molar-refractivity contribution in [2.45, 2.75) is 57.5 Å². The summed E-state index contributed by atoms with van der Waals surface area (Å²) < 4.78 is 19.5. The van der Waals surface area contributed by atoms with Crippen molar-refractivity contribution in [1.29, 1.82) is 0 Å². The van der Waals surface area contributed by atoms with Gasteiger partial charge in [0.1, 0.15) is 18.3 Å².